The Morgan fingerprint density at radius 2 is 2.38 bits per heavy atom. The highest BCUT2D eigenvalue weighted by Crippen LogP contribution is 2.31. The Balaban J connectivity index is 1.92. The second kappa shape index (κ2) is 3.96. The molecule has 3 nitrogen and oxygen atoms in total. The fraction of sp³-hybridized carbons (Fsp3) is 0.556. The smallest absolute Gasteiger partial charge is 0.144 e. The molecular weight excluding hydrogens is 182 g/mol. The number of nitrogens with zero attached hydrogens (tertiary/aromatic N) is 2. The highest BCUT2D eigenvalue weighted by molar-refractivity contribution is 7.99. The van der Waals surface area contributed by atoms with Gasteiger partial charge >= 0.3 is 0 Å². The van der Waals surface area contributed by atoms with Crippen molar-refractivity contribution in [3.8, 4) is 0 Å². The minimum Gasteiger partial charge on any atom is -0.365 e. The monoisotopic (exact) mass is 195 g/mol. The van der Waals surface area contributed by atoms with Crippen molar-refractivity contribution in [2.45, 2.75) is 24.1 Å². The van der Waals surface area contributed by atoms with E-state index in [9.17, 15) is 0 Å². The van der Waals surface area contributed by atoms with Gasteiger partial charge in [-0.15, -0.1) is 0 Å². The fourth-order valence-electron chi connectivity index (χ4n) is 1.48. The third-order valence-corrected chi connectivity index (χ3v) is 3.58. The van der Waals surface area contributed by atoms with Gasteiger partial charge in [-0.2, -0.15) is 11.8 Å². The van der Waals surface area contributed by atoms with E-state index in [1.54, 1.807) is 18.6 Å². The van der Waals surface area contributed by atoms with Crippen molar-refractivity contribution < 1.29 is 0 Å². The van der Waals surface area contributed by atoms with Gasteiger partial charge in [-0.25, -0.2) is 4.98 Å². The summed E-state index contributed by atoms with van der Waals surface area (Å²) in [6, 6.07) is 0.590. The van der Waals surface area contributed by atoms with Gasteiger partial charge in [-0.05, 0) is 19.1 Å². The summed E-state index contributed by atoms with van der Waals surface area (Å²) in [6.45, 7) is 0. The minimum atomic E-state index is 0.590. The van der Waals surface area contributed by atoms with Crippen molar-refractivity contribution in [2.75, 3.05) is 11.6 Å². The summed E-state index contributed by atoms with van der Waals surface area (Å²) in [5.41, 5.74) is 0. The van der Waals surface area contributed by atoms with Gasteiger partial charge in [0.05, 0.1) is 6.20 Å². The Kier molecular flexibility index (Phi) is 2.68. The van der Waals surface area contributed by atoms with Gasteiger partial charge in [0.2, 0.25) is 0 Å². The third kappa shape index (κ3) is 1.94. The molecule has 0 radical (unpaired) electrons. The predicted octanol–water partition coefficient (Wildman–Crippen LogP) is 1.78. The molecule has 0 bridgehead atoms. The van der Waals surface area contributed by atoms with Crippen LogP contribution in [0.5, 0.6) is 0 Å². The van der Waals surface area contributed by atoms with E-state index in [0.717, 1.165) is 11.1 Å². The first-order valence-electron chi connectivity index (χ1n) is 4.45. The second-order valence-corrected chi connectivity index (χ2v) is 4.27. The van der Waals surface area contributed by atoms with Crippen molar-refractivity contribution in [3.05, 3.63) is 18.6 Å². The maximum atomic E-state index is 4.19. The van der Waals surface area contributed by atoms with Crippen molar-refractivity contribution in [3.63, 3.8) is 0 Å². The van der Waals surface area contributed by atoms with Crippen LogP contribution in [0, 0.1) is 0 Å². The van der Waals surface area contributed by atoms with Gasteiger partial charge < -0.3 is 5.32 Å². The molecule has 13 heavy (non-hydrogen) atoms. The summed E-state index contributed by atoms with van der Waals surface area (Å²) in [5, 5.41) is 4.14. The standard InChI is InChI=1S/C9H13N3S/c1-13-8-3-2-7(8)12-9-6-10-4-5-11-9/h4-8H,2-3H2,1H3,(H,11,12). The van der Waals surface area contributed by atoms with Crippen LogP contribution in [0.4, 0.5) is 5.82 Å². The van der Waals surface area contributed by atoms with Crippen LogP contribution in [0.3, 0.4) is 0 Å². The summed E-state index contributed by atoms with van der Waals surface area (Å²) in [7, 11) is 0. The number of thioether (sulfide) groups is 1. The highest BCUT2D eigenvalue weighted by atomic mass is 32.2. The minimum absolute atomic E-state index is 0.590. The lowest BCUT2D eigenvalue weighted by Gasteiger charge is -2.36. The molecule has 0 saturated heterocycles. The van der Waals surface area contributed by atoms with E-state index >= 15 is 0 Å². The molecule has 70 valence electrons. The van der Waals surface area contributed by atoms with Gasteiger partial charge in [0, 0.05) is 23.7 Å². The first-order valence-corrected chi connectivity index (χ1v) is 5.74. The number of aromatic nitrogens is 2. The average molecular weight is 195 g/mol. The zero-order chi connectivity index (χ0) is 9.10. The quantitative estimate of drug-likeness (QED) is 0.798. The van der Waals surface area contributed by atoms with Gasteiger partial charge in [-0.3, -0.25) is 4.98 Å². The lowest BCUT2D eigenvalue weighted by molar-refractivity contribution is 0.461. The molecule has 0 aromatic carbocycles. The molecule has 1 aliphatic carbocycles. The summed E-state index contributed by atoms with van der Waals surface area (Å²) in [6.07, 6.45) is 9.92. The van der Waals surface area contributed by atoms with Crippen LogP contribution in [0.1, 0.15) is 12.8 Å². The molecule has 1 aromatic heterocycles. The number of nitrogens with one attached hydrogen (secondary N) is 1. The Hall–Kier alpha value is -0.770. The van der Waals surface area contributed by atoms with Crippen molar-refractivity contribution >= 4 is 17.6 Å². The zero-order valence-corrected chi connectivity index (χ0v) is 8.42. The Morgan fingerprint density at radius 3 is 2.92 bits per heavy atom. The normalized spacial score (nSPS) is 26.5. The average Bonchev–Trinajstić information content (AvgIpc) is 2.15. The molecule has 1 aliphatic rings. The Morgan fingerprint density at radius 1 is 1.46 bits per heavy atom. The predicted molar refractivity (Wildman–Crippen MR) is 56.0 cm³/mol. The third-order valence-electron chi connectivity index (χ3n) is 2.41. The van der Waals surface area contributed by atoms with Crippen LogP contribution in [0.15, 0.2) is 18.6 Å². The van der Waals surface area contributed by atoms with Gasteiger partial charge in [0.1, 0.15) is 5.82 Å². The Bertz CT molecular complexity index is 263. The summed E-state index contributed by atoms with van der Waals surface area (Å²) >= 11 is 1.93. The fourth-order valence-corrected chi connectivity index (χ4v) is 2.38. The zero-order valence-electron chi connectivity index (χ0n) is 7.60. The van der Waals surface area contributed by atoms with Crippen molar-refractivity contribution in [1.29, 1.82) is 0 Å². The maximum Gasteiger partial charge on any atom is 0.144 e. The molecule has 1 fully saturated rings. The molecule has 2 rings (SSSR count). The van der Waals surface area contributed by atoms with Crippen LogP contribution < -0.4 is 5.32 Å². The summed E-state index contributed by atoms with van der Waals surface area (Å²) in [4.78, 5) is 8.20. The highest BCUT2D eigenvalue weighted by Gasteiger charge is 2.29. The number of rotatable bonds is 3. The molecule has 2 unspecified atom stereocenters. The van der Waals surface area contributed by atoms with E-state index in [1.165, 1.54) is 12.8 Å². The van der Waals surface area contributed by atoms with E-state index < -0.39 is 0 Å². The van der Waals surface area contributed by atoms with Crippen molar-refractivity contribution in [1.82, 2.24) is 9.97 Å². The molecule has 1 heterocycles. The van der Waals surface area contributed by atoms with Gasteiger partial charge in [0.25, 0.3) is 0 Å². The lowest BCUT2D eigenvalue weighted by Crippen LogP contribution is -2.40. The summed E-state index contributed by atoms with van der Waals surface area (Å²) < 4.78 is 0. The molecule has 0 amide bonds. The molecule has 0 aliphatic heterocycles. The molecule has 0 spiro atoms. The van der Waals surface area contributed by atoms with Crippen LogP contribution in [0.2, 0.25) is 0 Å². The first-order chi connectivity index (χ1) is 6.40. The summed E-state index contributed by atoms with van der Waals surface area (Å²) in [5.74, 6) is 0.895. The molecular formula is C9H13N3S. The van der Waals surface area contributed by atoms with E-state index in [2.05, 4.69) is 21.5 Å². The van der Waals surface area contributed by atoms with Gasteiger partial charge in [0.15, 0.2) is 0 Å². The first kappa shape index (κ1) is 8.81. The van der Waals surface area contributed by atoms with E-state index in [1.807, 2.05) is 11.8 Å². The maximum absolute atomic E-state index is 4.19. The van der Waals surface area contributed by atoms with Crippen LogP contribution in [0.25, 0.3) is 0 Å². The molecule has 4 heteroatoms. The number of hydrogen-bond donors (Lipinski definition) is 1. The van der Waals surface area contributed by atoms with E-state index in [0.29, 0.717) is 6.04 Å². The molecule has 2 atom stereocenters. The largest absolute Gasteiger partial charge is 0.365 e. The molecule has 1 saturated carbocycles. The lowest BCUT2D eigenvalue weighted by atomic mass is 9.92. The van der Waals surface area contributed by atoms with Crippen LogP contribution in [-0.4, -0.2) is 27.5 Å². The topological polar surface area (TPSA) is 37.8 Å². The number of hydrogen-bond acceptors (Lipinski definition) is 4. The molecule has 1 aromatic rings. The second-order valence-electron chi connectivity index (χ2n) is 3.19. The van der Waals surface area contributed by atoms with Crippen molar-refractivity contribution in [2.24, 2.45) is 0 Å². The van der Waals surface area contributed by atoms with E-state index in [-0.39, 0.29) is 0 Å². The molecule has 1 N–H and O–H groups in total. The van der Waals surface area contributed by atoms with Crippen LogP contribution in [-0.2, 0) is 0 Å². The Labute approximate surface area is 82.4 Å². The SMILES string of the molecule is CSC1CCC1Nc1cnccn1. The number of anilines is 1. The van der Waals surface area contributed by atoms with E-state index in [4.69, 9.17) is 0 Å². The van der Waals surface area contributed by atoms with Gasteiger partial charge in [-0.1, -0.05) is 0 Å². The van der Waals surface area contributed by atoms with Crippen LogP contribution >= 0.6 is 11.8 Å².